The number of hydrogen-bond acceptors (Lipinski definition) is 5. The number of aryl methyl sites for hydroxylation is 1. The van der Waals surface area contributed by atoms with Gasteiger partial charge in [0.2, 0.25) is 0 Å². The van der Waals surface area contributed by atoms with Gasteiger partial charge in [-0.05, 0) is 42.3 Å². The van der Waals surface area contributed by atoms with Crippen molar-refractivity contribution in [3.05, 3.63) is 58.1 Å². The van der Waals surface area contributed by atoms with Gasteiger partial charge in [-0.15, -0.1) is 0 Å². The van der Waals surface area contributed by atoms with E-state index >= 15 is 0 Å². The Morgan fingerprint density at radius 2 is 1.89 bits per heavy atom. The lowest BCUT2D eigenvalue weighted by molar-refractivity contribution is 0.102. The summed E-state index contributed by atoms with van der Waals surface area (Å²) < 4.78 is 23.6. The van der Waals surface area contributed by atoms with Crippen LogP contribution in [0.2, 0.25) is 5.02 Å². The quantitative estimate of drug-likeness (QED) is 0.767. The highest BCUT2D eigenvalue weighted by molar-refractivity contribution is 7.99. The van der Waals surface area contributed by atoms with E-state index in [9.17, 15) is 13.2 Å². The topological polar surface area (TPSA) is 66.5 Å². The number of thioether (sulfide) groups is 1. The van der Waals surface area contributed by atoms with E-state index in [0.717, 1.165) is 48.5 Å². The number of anilines is 1. The molecule has 0 radical (unpaired) electrons. The Morgan fingerprint density at radius 3 is 2.57 bits per heavy atom. The zero-order valence-corrected chi connectivity index (χ0v) is 18.3. The molecule has 1 aliphatic rings. The number of amides is 1. The summed E-state index contributed by atoms with van der Waals surface area (Å²) in [5, 5.41) is 3.10. The van der Waals surface area contributed by atoms with Gasteiger partial charge in [0.05, 0.1) is 15.5 Å². The first kappa shape index (κ1) is 21.2. The van der Waals surface area contributed by atoms with Crippen LogP contribution in [0.3, 0.4) is 0 Å². The molecule has 3 rings (SSSR count). The average Bonchev–Trinajstić information content (AvgIpc) is 2.64. The molecule has 0 atom stereocenters. The lowest BCUT2D eigenvalue weighted by Gasteiger charge is -2.26. The van der Waals surface area contributed by atoms with Crippen LogP contribution in [-0.4, -0.2) is 50.1 Å². The predicted molar refractivity (Wildman–Crippen MR) is 116 cm³/mol. The number of carbonyl (C=O) groups is 1. The van der Waals surface area contributed by atoms with Crippen LogP contribution in [0.4, 0.5) is 5.69 Å². The number of carbonyl (C=O) groups excluding carboxylic acids is 1. The number of hydrogen-bond donors (Lipinski definition) is 1. The van der Waals surface area contributed by atoms with E-state index in [2.05, 4.69) is 16.3 Å². The summed E-state index contributed by atoms with van der Waals surface area (Å²) in [6.07, 6.45) is 1.10. The molecule has 28 heavy (non-hydrogen) atoms. The molecule has 150 valence electrons. The van der Waals surface area contributed by atoms with Gasteiger partial charge in [0, 0.05) is 43.1 Å². The minimum atomic E-state index is -3.43. The maximum Gasteiger partial charge on any atom is 0.257 e. The Bertz CT molecular complexity index is 987. The third-order valence-electron chi connectivity index (χ3n) is 4.67. The fourth-order valence-corrected chi connectivity index (χ4v) is 4.85. The molecule has 1 amide bonds. The van der Waals surface area contributed by atoms with Gasteiger partial charge in [0.15, 0.2) is 9.84 Å². The van der Waals surface area contributed by atoms with Crippen LogP contribution in [0.5, 0.6) is 0 Å². The molecule has 0 bridgehead atoms. The van der Waals surface area contributed by atoms with Crippen molar-refractivity contribution >= 4 is 44.8 Å². The molecular weight excluding hydrogens is 416 g/mol. The highest BCUT2D eigenvalue weighted by Crippen LogP contribution is 2.24. The van der Waals surface area contributed by atoms with Gasteiger partial charge in [-0.2, -0.15) is 11.8 Å². The number of nitrogens with one attached hydrogen (secondary N) is 1. The number of halogens is 1. The van der Waals surface area contributed by atoms with Crippen molar-refractivity contribution in [1.29, 1.82) is 0 Å². The third-order valence-corrected chi connectivity index (χ3v) is 7.05. The molecule has 0 saturated carbocycles. The Morgan fingerprint density at radius 1 is 1.18 bits per heavy atom. The second kappa shape index (κ2) is 8.86. The first-order valence-corrected chi connectivity index (χ1v) is 12.4. The molecule has 1 saturated heterocycles. The molecule has 2 aromatic carbocycles. The number of rotatable bonds is 5. The second-order valence-corrected chi connectivity index (χ2v) is 10.6. The van der Waals surface area contributed by atoms with E-state index in [0.29, 0.717) is 5.69 Å². The lowest BCUT2D eigenvalue weighted by atomic mass is 10.1. The SMILES string of the molecule is Cc1ccc(CN2CCSCC2)cc1NC(=O)c1cc(S(C)(=O)=O)ccc1Cl. The van der Waals surface area contributed by atoms with Crippen LogP contribution in [-0.2, 0) is 16.4 Å². The van der Waals surface area contributed by atoms with Crippen LogP contribution in [0.25, 0.3) is 0 Å². The molecule has 8 heteroatoms. The van der Waals surface area contributed by atoms with E-state index in [1.54, 1.807) is 0 Å². The molecule has 2 aromatic rings. The summed E-state index contributed by atoms with van der Waals surface area (Å²) in [4.78, 5) is 15.2. The minimum absolute atomic E-state index is 0.0653. The van der Waals surface area contributed by atoms with Gasteiger partial charge in [-0.3, -0.25) is 9.69 Å². The summed E-state index contributed by atoms with van der Waals surface area (Å²) in [5.74, 6) is 1.86. The van der Waals surface area contributed by atoms with E-state index in [4.69, 9.17) is 11.6 Å². The van der Waals surface area contributed by atoms with Gasteiger partial charge in [-0.1, -0.05) is 23.7 Å². The zero-order valence-electron chi connectivity index (χ0n) is 15.9. The molecule has 1 fully saturated rings. The highest BCUT2D eigenvalue weighted by atomic mass is 35.5. The largest absolute Gasteiger partial charge is 0.322 e. The summed E-state index contributed by atoms with van der Waals surface area (Å²) in [7, 11) is -3.43. The summed E-state index contributed by atoms with van der Waals surface area (Å²) >= 11 is 8.11. The van der Waals surface area contributed by atoms with Gasteiger partial charge in [0.25, 0.3) is 5.91 Å². The molecule has 0 unspecified atom stereocenters. The van der Waals surface area contributed by atoms with Crippen molar-refractivity contribution in [2.24, 2.45) is 0 Å². The zero-order chi connectivity index (χ0) is 20.3. The van der Waals surface area contributed by atoms with Gasteiger partial charge in [-0.25, -0.2) is 8.42 Å². The van der Waals surface area contributed by atoms with Crippen molar-refractivity contribution < 1.29 is 13.2 Å². The van der Waals surface area contributed by atoms with Crippen LogP contribution in [0.1, 0.15) is 21.5 Å². The maximum absolute atomic E-state index is 12.8. The molecular formula is C20H23ClN2O3S2. The van der Waals surface area contributed by atoms with Crippen molar-refractivity contribution in [3.8, 4) is 0 Å². The second-order valence-electron chi connectivity index (χ2n) is 6.91. The van der Waals surface area contributed by atoms with Crippen molar-refractivity contribution in [1.82, 2.24) is 4.90 Å². The summed E-state index contributed by atoms with van der Waals surface area (Å²) in [6, 6.07) is 10.2. The van der Waals surface area contributed by atoms with Crippen molar-refractivity contribution in [2.75, 3.05) is 36.2 Å². The number of benzene rings is 2. The Labute approximate surface area is 175 Å². The van der Waals surface area contributed by atoms with E-state index in [1.165, 1.54) is 18.2 Å². The molecule has 0 spiro atoms. The molecule has 5 nitrogen and oxygen atoms in total. The Kier molecular flexibility index (Phi) is 6.70. The normalized spacial score (nSPS) is 15.4. The van der Waals surface area contributed by atoms with Gasteiger partial charge < -0.3 is 5.32 Å². The Balaban J connectivity index is 1.81. The maximum atomic E-state index is 12.8. The van der Waals surface area contributed by atoms with E-state index in [1.807, 2.05) is 30.8 Å². The van der Waals surface area contributed by atoms with E-state index in [-0.39, 0.29) is 15.5 Å². The lowest BCUT2D eigenvalue weighted by Crippen LogP contribution is -2.32. The monoisotopic (exact) mass is 438 g/mol. The highest BCUT2D eigenvalue weighted by Gasteiger charge is 2.17. The standard InChI is InChI=1S/C20H23ClN2O3S2/c1-14-3-4-15(13-23-7-9-27-10-8-23)11-19(14)22-20(24)17-12-16(28(2,25)26)5-6-18(17)21/h3-6,11-12H,7-10,13H2,1-2H3,(H,22,24). The van der Waals surface area contributed by atoms with Crippen LogP contribution < -0.4 is 5.32 Å². The van der Waals surface area contributed by atoms with Crippen LogP contribution in [0, 0.1) is 6.92 Å². The fourth-order valence-electron chi connectivity index (χ4n) is 3.02. The first-order chi connectivity index (χ1) is 13.2. The van der Waals surface area contributed by atoms with Crippen molar-refractivity contribution in [2.45, 2.75) is 18.4 Å². The summed E-state index contributed by atoms with van der Waals surface area (Å²) in [5.41, 5.74) is 2.91. The van der Waals surface area contributed by atoms with Crippen LogP contribution in [0.15, 0.2) is 41.3 Å². The van der Waals surface area contributed by atoms with Crippen molar-refractivity contribution in [3.63, 3.8) is 0 Å². The summed E-state index contributed by atoms with van der Waals surface area (Å²) in [6.45, 7) is 4.89. The number of sulfone groups is 1. The fraction of sp³-hybridized carbons (Fsp3) is 0.350. The number of nitrogens with zero attached hydrogens (tertiary/aromatic N) is 1. The average molecular weight is 439 g/mol. The van der Waals surface area contributed by atoms with Gasteiger partial charge in [0.1, 0.15) is 0 Å². The third kappa shape index (κ3) is 5.29. The smallest absolute Gasteiger partial charge is 0.257 e. The predicted octanol–water partition coefficient (Wildman–Crippen LogP) is 3.85. The van der Waals surface area contributed by atoms with Crippen LogP contribution >= 0.6 is 23.4 Å². The Hall–Kier alpha value is -1.54. The van der Waals surface area contributed by atoms with Gasteiger partial charge >= 0.3 is 0 Å². The minimum Gasteiger partial charge on any atom is -0.322 e. The molecule has 1 aliphatic heterocycles. The van der Waals surface area contributed by atoms with E-state index < -0.39 is 15.7 Å². The molecule has 0 aromatic heterocycles. The molecule has 0 aliphatic carbocycles. The molecule has 1 N–H and O–H groups in total. The first-order valence-electron chi connectivity index (χ1n) is 8.94. The molecule has 1 heterocycles.